The van der Waals surface area contributed by atoms with Crippen molar-refractivity contribution in [2.45, 2.75) is 13.3 Å². The molecule has 0 fully saturated rings. The van der Waals surface area contributed by atoms with Crippen molar-refractivity contribution in [2.24, 2.45) is 11.8 Å². The molecule has 2 atom stereocenters. The summed E-state index contributed by atoms with van der Waals surface area (Å²) in [5, 5.41) is 9.31. The lowest BCUT2D eigenvalue weighted by Crippen LogP contribution is -2.36. The highest BCUT2D eigenvalue weighted by Crippen LogP contribution is 2.34. The van der Waals surface area contributed by atoms with Crippen LogP contribution in [0.15, 0.2) is 59.7 Å². The van der Waals surface area contributed by atoms with E-state index in [1.807, 2.05) is 24.3 Å². The molecule has 2 aliphatic carbocycles. The molecule has 21 heavy (non-hydrogen) atoms. The van der Waals surface area contributed by atoms with Gasteiger partial charge in [-0.25, -0.2) is 0 Å². The molecule has 2 unspecified atom stereocenters. The van der Waals surface area contributed by atoms with Crippen LogP contribution in [-0.2, 0) is 16.0 Å². The van der Waals surface area contributed by atoms with Crippen LogP contribution in [0.3, 0.4) is 0 Å². The molecule has 0 bridgehead atoms. The number of carbonyl (C=O) groups is 2. The van der Waals surface area contributed by atoms with Crippen LogP contribution in [0.4, 0.5) is 0 Å². The molecule has 0 spiro atoms. The molecular formula is C18H16O3. The molecule has 2 aliphatic rings. The molecule has 0 radical (unpaired) electrons. The molecule has 0 amide bonds. The Hall–Kier alpha value is -2.42. The molecule has 1 N–H and O–H groups in total. The first kappa shape index (κ1) is 13.6. The van der Waals surface area contributed by atoms with Gasteiger partial charge in [-0.15, -0.1) is 0 Å². The summed E-state index contributed by atoms with van der Waals surface area (Å²) in [4.78, 5) is 25.1. The Balaban J connectivity index is 1.96. The van der Waals surface area contributed by atoms with E-state index in [0.29, 0.717) is 17.6 Å². The number of phenols is 1. The Labute approximate surface area is 123 Å². The molecule has 1 aromatic carbocycles. The van der Waals surface area contributed by atoms with Crippen molar-refractivity contribution in [3.8, 4) is 5.75 Å². The van der Waals surface area contributed by atoms with Crippen LogP contribution >= 0.6 is 0 Å². The first-order chi connectivity index (χ1) is 10.1. The van der Waals surface area contributed by atoms with Crippen molar-refractivity contribution in [1.82, 2.24) is 0 Å². The largest absolute Gasteiger partial charge is 0.508 e. The predicted octanol–water partition coefficient (Wildman–Crippen LogP) is 2.76. The first-order valence-corrected chi connectivity index (χ1v) is 6.99. The molecule has 3 rings (SSSR count). The second-order valence-corrected chi connectivity index (χ2v) is 5.50. The summed E-state index contributed by atoms with van der Waals surface area (Å²) in [6.45, 7) is 1.73. The average molecular weight is 280 g/mol. The average Bonchev–Trinajstić information content (AvgIpc) is 2.51. The van der Waals surface area contributed by atoms with Gasteiger partial charge >= 0.3 is 0 Å². The Morgan fingerprint density at radius 2 is 1.52 bits per heavy atom. The smallest absolute Gasteiger partial charge is 0.167 e. The minimum atomic E-state index is -0.363. The van der Waals surface area contributed by atoms with Gasteiger partial charge in [-0.05, 0) is 30.2 Å². The van der Waals surface area contributed by atoms with Crippen molar-refractivity contribution in [1.29, 1.82) is 0 Å². The van der Waals surface area contributed by atoms with Gasteiger partial charge in [0.05, 0.1) is 11.8 Å². The summed E-state index contributed by atoms with van der Waals surface area (Å²) in [5.74, 6) is -0.444. The minimum Gasteiger partial charge on any atom is -0.508 e. The molecule has 0 saturated carbocycles. The first-order valence-electron chi connectivity index (χ1n) is 6.99. The summed E-state index contributed by atoms with van der Waals surface area (Å²) >= 11 is 0. The highest BCUT2D eigenvalue weighted by atomic mass is 16.3. The van der Waals surface area contributed by atoms with Crippen LogP contribution in [0.1, 0.15) is 12.5 Å². The fourth-order valence-corrected chi connectivity index (χ4v) is 2.93. The van der Waals surface area contributed by atoms with Gasteiger partial charge in [-0.2, -0.15) is 0 Å². The fraction of sp³-hybridized carbons (Fsp3) is 0.222. The molecule has 106 valence electrons. The molecule has 0 heterocycles. The van der Waals surface area contributed by atoms with Crippen LogP contribution in [0.5, 0.6) is 5.75 Å². The van der Waals surface area contributed by atoms with Crippen LogP contribution in [0, 0.1) is 11.8 Å². The summed E-state index contributed by atoms with van der Waals surface area (Å²) in [6.07, 6.45) is 7.70. The summed E-state index contributed by atoms with van der Waals surface area (Å²) in [6, 6.07) is 6.73. The third-order valence-electron chi connectivity index (χ3n) is 4.18. The number of phenolic OH excluding ortho intramolecular Hbond substituents is 1. The second kappa shape index (κ2) is 5.17. The number of carbonyl (C=O) groups excluding carboxylic acids is 2. The second-order valence-electron chi connectivity index (χ2n) is 5.50. The van der Waals surface area contributed by atoms with E-state index in [1.165, 1.54) is 0 Å². The van der Waals surface area contributed by atoms with E-state index in [-0.39, 0.29) is 29.2 Å². The topological polar surface area (TPSA) is 54.4 Å². The number of hydrogen-bond acceptors (Lipinski definition) is 3. The predicted molar refractivity (Wildman–Crippen MR) is 79.8 cm³/mol. The summed E-state index contributed by atoms with van der Waals surface area (Å²) in [5.41, 5.74) is 2.07. The monoisotopic (exact) mass is 280 g/mol. The van der Waals surface area contributed by atoms with Crippen LogP contribution in [-0.4, -0.2) is 16.7 Å². The van der Waals surface area contributed by atoms with E-state index in [0.717, 1.165) is 5.56 Å². The van der Waals surface area contributed by atoms with Crippen molar-refractivity contribution in [3.05, 3.63) is 65.3 Å². The third-order valence-corrected chi connectivity index (χ3v) is 4.18. The third kappa shape index (κ3) is 2.35. The number of Topliss-reactive ketones (excluding diaryl/α,β-unsaturated/α-hetero) is 2. The van der Waals surface area contributed by atoms with Gasteiger partial charge < -0.3 is 5.11 Å². The molecular weight excluding hydrogens is 264 g/mol. The number of fused-ring (bicyclic) bond motifs is 1. The van der Waals surface area contributed by atoms with Crippen LogP contribution in [0.25, 0.3) is 0 Å². The molecule has 3 heteroatoms. The lowest BCUT2D eigenvalue weighted by molar-refractivity contribution is -0.127. The summed E-state index contributed by atoms with van der Waals surface area (Å²) in [7, 11) is 0. The van der Waals surface area contributed by atoms with E-state index < -0.39 is 0 Å². The Kier molecular flexibility index (Phi) is 3.34. The van der Waals surface area contributed by atoms with Gasteiger partial charge in [0.25, 0.3) is 0 Å². The number of allylic oxidation sites excluding steroid dienone is 6. The van der Waals surface area contributed by atoms with E-state index >= 15 is 0 Å². The van der Waals surface area contributed by atoms with Crippen molar-refractivity contribution < 1.29 is 14.7 Å². The lowest BCUT2D eigenvalue weighted by Gasteiger charge is -2.29. The van der Waals surface area contributed by atoms with Gasteiger partial charge in [-0.3, -0.25) is 9.59 Å². The van der Waals surface area contributed by atoms with Gasteiger partial charge in [-0.1, -0.05) is 36.4 Å². The molecule has 0 saturated heterocycles. The van der Waals surface area contributed by atoms with Gasteiger partial charge in [0, 0.05) is 12.0 Å². The summed E-state index contributed by atoms with van der Waals surface area (Å²) < 4.78 is 0. The standard InChI is InChI=1S/C18H16O3/c1-11-16(10-12-6-8-13(19)9-7-12)18(21)15-5-3-2-4-14(15)17(11)20/h2-9,14-15,19H,10H2,1H3. The van der Waals surface area contributed by atoms with Crippen molar-refractivity contribution in [3.63, 3.8) is 0 Å². The number of ketones is 2. The molecule has 3 nitrogen and oxygen atoms in total. The van der Waals surface area contributed by atoms with Crippen molar-refractivity contribution >= 4 is 11.6 Å². The van der Waals surface area contributed by atoms with E-state index in [2.05, 4.69) is 0 Å². The van der Waals surface area contributed by atoms with Gasteiger partial charge in [0.2, 0.25) is 0 Å². The van der Waals surface area contributed by atoms with Crippen LogP contribution in [0.2, 0.25) is 0 Å². The quantitative estimate of drug-likeness (QED) is 0.906. The van der Waals surface area contributed by atoms with E-state index in [1.54, 1.807) is 31.2 Å². The maximum atomic E-state index is 12.6. The number of benzene rings is 1. The Morgan fingerprint density at radius 3 is 2.14 bits per heavy atom. The molecule has 0 aliphatic heterocycles. The zero-order valence-electron chi connectivity index (χ0n) is 11.7. The van der Waals surface area contributed by atoms with E-state index in [9.17, 15) is 14.7 Å². The maximum Gasteiger partial charge on any atom is 0.167 e. The highest BCUT2D eigenvalue weighted by Gasteiger charge is 2.39. The van der Waals surface area contributed by atoms with Gasteiger partial charge in [0.15, 0.2) is 11.6 Å². The fourth-order valence-electron chi connectivity index (χ4n) is 2.93. The maximum absolute atomic E-state index is 12.6. The minimum absolute atomic E-state index is 0.0331. The van der Waals surface area contributed by atoms with Crippen molar-refractivity contribution in [2.75, 3.05) is 0 Å². The molecule has 1 aromatic rings. The normalized spacial score (nSPS) is 24.4. The Morgan fingerprint density at radius 1 is 0.952 bits per heavy atom. The zero-order valence-corrected chi connectivity index (χ0v) is 11.7. The highest BCUT2D eigenvalue weighted by molar-refractivity contribution is 6.15. The number of rotatable bonds is 2. The number of aromatic hydroxyl groups is 1. The van der Waals surface area contributed by atoms with Gasteiger partial charge in [0.1, 0.15) is 5.75 Å². The Bertz CT molecular complexity index is 690. The molecule has 0 aromatic heterocycles. The lowest BCUT2D eigenvalue weighted by atomic mass is 9.71. The van der Waals surface area contributed by atoms with Crippen LogP contribution < -0.4 is 0 Å². The zero-order chi connectivity index (χ0) is 15.0. The van der Waals surface area contributed by atoms with E-state index in [4.69, 9.17) is 0 Å². The number of hydrogen-bond donors (Lipinski definition) is 1. The SMILES string of the molecule is CC1=C(Cc2ccc(O)cc2)C(=O)C2C=CC=CC2C1=O.